The molecule has 194 valence electrons. The van der Waals surface area contributed by atoms with Crippen molar-refractivity contribution in [2.75, 3.05) is 13.2 Å². The third-order valence-corrected chi connectivity index (χ3v) is 6.71. The molecule has 0 spiro atoms. The number of para-hydroxylation sites is 1. The second kappa shape index (κ2) is 10.8. The maximum atomic E-state index is 13.5. The zero-order valence-electron chi connectivity index (χ0n) is 20.8. The summed E-state index contributed by atoms with van der Waals surface area (Å²) in [6, 6.07) is 23.6. The topological polar surface area (TPSA) is 105 Å². The van der Waals surface area contributed by atoms with Crippen LogP contribution >= 0.6 is 0 Å². The lowest BCUT2D eigenvalue weighted by Crippen LogP contribution is -2.71. The van der Waals surface area contributed by atoms with E-state index in [-0.39, 0.29) is 25.7 Å². The Hall–Kier alpha value is -4.66. The normalized spacial score (nSPS) is 19.8. The van der Waals surface area contributed by atoms with Crippen molar-refractivity contribution in [3.05, 3.63) is 102 Å². The van der Waals surface area contributed by atoms with Crippen molar-refractivity contribution in [1.29, 1.82) is 0 Å². The summed E-state index contributed by atoms with van der Waals surface area (Å²) >= 11 is 0. The molecule has 0 bridgehead atoms. The molecule has 0 aliphatic carbocycles. The number of rotatable bonds is 8. The average Bonchev–Trinajstić information content (AvgIpc) is 3.31. The molecule has 2 saturated heterocycles. The molecular formula is C29H27N3O6. The number of carbonyl (C=O) groups is 4. The maximum Gasteiger partial charge on any atom is 0.350 e. The zero-order valence-corrected chi connectivity index (χ0v) is 20.8. The summed E-state index contributed by atoms with van der Waals surface area (Å²) < 4.78 is 11.0. The standard InChI is InChI=1S/C29H27N3O6/c1-19-10-8-9-15-22(19)27(34)31-16-23-25(30-24(33)18-37-21-13-6-3-7-14-21)28(35)32(23)26(31)29(36)38-17-20-11-4-2-5-12-20/h2-15,23,25-26H,16-18H2,1H3,(H,30,33)/t23?,25-,26?/m1/s1. The van der Waals surface area contributed by atoms with Crippen molar-refractivity contribution in [2.24, 2.45) is 0 Å². The van der Waals surface area contributed by atoms with E-state index in [2.05, 4.69) is 5.32 Å². The van der Waals surface area contributed by atoms with Crippen molar-refractivity contribution < 1.29 is 28.7 Å². The molecule has 9 heteroatoms. The Bertz CT molecular complexity index is 1350. The van der Waals surface area contributed by atoms with Crippen LogP contribution in [0.15, 0.2) is 84.9 Å². The third-order valence-electron chi connectivity index (χ3n) is 6.71. The number of fused-ring (bicyclic) bond motifs is 1. The molecule has 3 aromatic rings. The van der Waals surface area contributed by atoms with E-state index in [1.165, 1.54) is 9.80 Å². The minimum atomic E-state index is -1.22. The summed E-state index contributed by atoms with van der Waals surface area (Å²) in [6.45, 7) is 1.62. The van der Waals surface area contributed by atoms with Crippen LogP contribution in [0.5, 0.6) is 5.75 Å². The number of carbonyl (C=O) groups excluding carboxylic acids is 4. The molecule has 3 aromatic carbocycles. The highest BCUT2D eigenvalue weighted by atomic mass is 16.5. The van der Waals surface area contributed by atoms with Gasteiger partial charge in [0.2, 0.25) is 12.1 Å². The van der Waals surface area contributed by atoms with Crippen LogP contribution in [-0.4, -0.2) is 64.9 Å². The van der Waals surface area contributed by atoms with Crippen LogP contribution in [0.2, 0.25) is 0 Å². The van der Waals surface area contributed by atoms with Crippen LogP contribution in [-0.2, 0) is 25.7 Å². The highest BCUT2D eigenvalue weighted by molar-refractivity contribution is 6.03. The highest BCUT2D eigenvalue weighted by Crippen LogP contribution is 2.34. The van der Waals surface area contributed by atoms with Crippen molar-refractivity contribution in [2.45, 2.75) is 31.8 Å². The number of esters is 1. The zero-order chi connectivity index (χ0) is 26.6. The first-order valence-electron chi connectivity index (χ1n) is 12.3. The monoisotopic (exact) mass is 513 g/mol. The van der Waals surface area contributed by atoms with E-state index in [4.69, 9.17) is 9.47 Å². The minimum absolute atomic E-state index is 0.00621. The van der Waals surface area contributed by atoms with E-state index >= 15 is 0 Å². The number of hydrogen-bond donors (Lipinski definition) is 1. The summed E-state index contributed by atoms with van der Waals surface area (Å²) in [5, 5.41) is 2.69. The van der Waals surface area contributed by atoms with Gasteiger partial charge in [0.05, 0.1) is 6.04 Å². The smallest absolute Gasteiger partial charge is 0.350 e. The Morgan fingerprint density at radius 1 is 0.921 bits per heavy atom. The number of nitrogens with one attached hydrogen (secondary N) is 1. The van der Waals surface area contributed by atoms with Gasteiger partial charge in [-0.15, -0.1) is 0 Å². The van der Waals surface area contributed by atoms with Gasteiger partial charge in [0.15, 0.2) is 6.61 Å². The molecule has 9 nitrogen and oxygen atoms in total. The second-order valence-corrected chi connectivity index (χ2v) is 9.20. The molecule has 2 aliphatic heterocycles. The van der Waals surface area contributed by atoms with Gasteiger partial charge in [-0.2, -0.15) is 0 Å². The first kappa shape index (κ1) is 25.0. The highest BCUT2D eigenvalue weighted by Gasteiger charge is 2.61. The fourth-order valence-electron chi connectivity index (χ4n) is 4.76. The molecule has 0 radical (unpaired) electrons. The minimum Gasteiger partial charge on any atom is -0.484 e. The van der Waals surface area contributed by atoms with Crippen LogP contribution in [0.4, 0.5) is 0 Å². The number of amides is 3. The molecule has 0 aromatic heterocycles. The first-order valence-corrected chi connectivity index (χ1v) is 12.3. The van der Waals surface area contributed by atoms with Gasteiger partial charge in [-0.1, -0.05) is 66.7 Å². The maximum absolute atomic E-state index is 13.5. The average molecular weight is 514 g/mol. The molecule has 2 heterocycles. The van der Waals surface area contributed by atoms with E-state index in [9.17, 15) is 19.2 Å². The summed E-state index contributed by atoms with van der Waals surface area (Å²) in [7, 11) is 0. The van der Waals surface area contributed by atoms with E-state index in [1.54, 1.807) is 36.4 Å². The van der Waals surface area contributed by atoms with Crippen molar-refractivity contribution in [3.63, 3.8) is 0 Å². The Balaban J connectivity index is 1.31. The third kappa shape index (κ3) is 4.95. The Kier molecular flexibility index (Phi) is 7.08. The van der Waals surface area contributed by atoms with E-state index < -0.39 is 36.0 Å². The van der Waals surface area contributed by atoms with Crippen LogP contribution in [0.25, 0.3) is 0 Å². The van der Waals surface area contributed by atoms with Crippen LogP contribution in [0.1, 0.15) is 21.5 Å². The van der Waals surface area contributed by atoms with Crippen LogP contribution in [0, 0.1) is 6.92 Å². The SMILES string of the molecule is Cc1ccccc1C(=O)N1CC2[C@@H](NC(=O)COc3ccccc3)C(=O)N2C1C(=O)OCc1ccccc1. The summed E-state index contributed by atoms with van der Waals surface area (Å²) in [6.07, 6.45) is -1.22. The number of benzene rings is 3. The number of ether oxygens (including phenoxy) is 2. The van der Waals surface area contributed by atoms with Gasteiger partial charge in [-0.05, 0) is 36.2 Å². The fraction of sp³-hybridized carbons (Fsp3) is 0.241. The van der Waals surface area contributed by atoms with Crippen LogP contribution < -0.4 is 10.1 Å². The van der Waals surface area contributed by atoms with Crippen molar-refractivity contribution in [3.8, 4) is 5.75 Å². The molecule has 38 heavy (non-hydrogen) atoms. The van der Waals surface area contributed by atoms with Crippen molar-refractivity contribution >= 4 is 23.7 Å². The quantitative estimate of drug-likeness (QED) is 0.366. The number of aryl methyl sites for hydroxylation is 1. The summed E-state index contributed by atoms with van der Waals surface area (Å²) in [5.41, 5.74) is 1.96. The predicted octanol–water partition coefficient (Wildman–Crippen LogP) is 2.29. The first-order chi connectivity index (χ1) is 18.4. The molecule has 3 amide bonds. The van der Waals surface area contributed by atoms with Gasteiger partial charge in [-0.25, -0.2) is 4.79 Å². The van der Waals surface area contributed by atoms with Gasteiger partial charge in [0.25, 0.3) is 11.8 Å². The molecule has 2 aliphatic rings. The lowest BCUT2D eigenvalue weighted by atomic mass is 9.96. The Morgan fingerprint density at radius 2 is 1.58 bits per heavy atom. The predicted molar refractivity (Wildman–Crippen MR) is 137 cm³/mol. The number of β-lactam (4-membered cyclic amide) rings is 1. The van der Waals surface area contributed by atoms with E-state index in [0.717, 1.165) is 11.1 Å². The lowest BCUT2D eigenvalue weighted by Gasteiger charge is -2.43. The summed E-state index contributed by atoms with van der Waals surface area (Å²) in [4.78, 5) is 55.1. The number of nitrogens with zero attached hydrogens (tertiary/aromatic N) is 2. The van der Waals surface area contributed by atoms with Gasteiger partial charge in [-0.3, -0.25) is 14.4 Å². The lowest BCUT2D eigenvalue weighted by molar-refractivity contribution is -0.167. The molecule has 0 saturated carbocycles. The summed E-state index contributed by atoms with van der Waals surface area (Å²) in [5.74, 6) is -1.49. The number of hydrogen-bond acceptors (Lipinski definition) is 6. The molecule has 3 atom stereocenters. The molecule has 2 unspecified atom stereocenters. The van der Waals surface area contributed by atoms with E-state index in [1.807, 2.05) is 55.5 Å². The van der Waals surface area contributed by atoms with Gasteiger partial charge < -0.3 is 24.6 Å². The Morgan fingerprint density at radius 3 is 2.29 bits per heavy atom. The molecule has 2 fully saturated rings. The molecular weight excluding hydrogens is 486 g/mol. The van der Waals surface area contributed by atoms with Crippen LogP contribution in [0.3, 0.4) is 0 Å². The van der Waals surface area contributed by atoms with Gasteiger partial charge in [0, 0.05) is 12.1 Å². The van der Waals surface area contributed by atoms with Crippen molar-refractivity contribution in [1.82, 2.24) is 15.1 Å². The molecule has 1 N–H and O–H groups in total. The fourth-order valence-corrected chi connectivity index (χ4v) is 4.76. The Labute approximate surface area is 219 Å². The van der Waals surface area contributed by atoms with E-state index in [0.29, 0.717) is 11.3 Å². The van der Waals surface area contributed by atoms with Gasteiger partial charge in [0.1, 0.15) is 18.4 Å². The largest absolute Gasteiger partial charge is 0.484 e. The second-order valence-electron chi connectivity index (χ2n) is 9.20. The molecule has 5 rings (SSSR count). The van der Waals surface area contributed by atoms with Gasteiger partial charge >= 0.3 is 5.97 Å².